The Balaban J connectivity index is 1.47. The van der Waals surface area contributed by atoms with Gasteiger partial charge < -0.3 is 19.2 Å². The number of nitrogens with one attached hydrogen (secondary N) is 2. The van der Waals surface area contributed by atoms with E-state index in [2.05, 4.69) is 33.1 Å². The molecule has 0 spiro atoms. The zero-order valence-electron chi connectivity index (χ0n) is 26.2. The first-order chi connectivity index (χ1) is 21.9. The number of anilines is 4. The standard InChI is InChI=1S/C34H42N6O4S/c1-3-5-7-17-37-19-9-11-23-21-25(13-15-27(23)37)29-31-32(36-45-35-31)30(34(40(43)44)33(29)39(41)42)26-14-16-28-24(22-26)12-10-20-38(28)18-8-6-4-2/h13-16,21-22,35-36H,3-12,17-20H2,1-2H3. The van der Waals surface area contributed by atoms with Crippen LogP contribution in [0.15, 0.2) is 36.4 Å². The smallest absolute Gasteiger partial charge is 0.356 e. The SMILES string of the molecule is CCCCCN1CCCc2cc(-c3c4c(c(-c5ccc6c(c5)CCCN6CCCCC)c([N+](=O)[O-])c3[N+](=O)[O-])NSN4)ccc21. The lowest BCUT2D eigenvalue weighted by molar-refractivity contribution is -0.421. The van der Waals surface area contributed by atoms with Crippen molar-refractivity contribution in [2.24, 2.45) is 0 Å². The predicted molar refractivity (Wildman–Crippen MR) is 186 cm³/mol. The molecule has 45 heavy (non-hydrogen) atoms. The highest BCUT2D eigenvalue weighted by atomic mass is 32.2. The molecule has 0 aromatic heterocycles. The van der Waals surface area contributed by atoms with Gasteiger partial charge in [-0.2, -0.15) is 0 Å². The van der Waals surface area contributed by atoms with Gasteiger partial charge in [-0.05, 0) is 85.0 Å². The van der Waals surface area contributed by atoms with Gasteiger partial charge in [-0.15, -0.1) is 0 Å². The number of nitrogens with zero attached hydrogens (tertiary/aromatic N) is 4. The molecule has 3 aromatic carbocycles. The second kappa shape index (κ2) is 13.6. The number of benzene rings is 3. The predicted octanol–water partition coefficient (Wildman–Crippen LogP) is 9.12. The van der Waals surface area contributed by atoms with Crippen LogP contribution < -0.4 is 19.2 Å². The molecule has 0 saturated carbocycles. The Kier molecular flexibility index (Phi) is 9.34. The van der Waals surface area contributed by atoms with Crippen molar-refractivity contribution in [2.75, 3.05) is 45.4 Å². The van der Waals surface area contributed by atoms with Crippen LogP contribution in [0, 0.1) is 20.2 Å². The number of nitro benzene ring substituents is 2. The van der Waals surface area contributed by atoms with Crippen LogP contribution in [-0.4, -0.2) is 36.0 Å². The van der Waals surface area contributed by atoms with E-state index in [0.29, 0.717) is 22.5 Å². The molecular weight excluding hydrogens is 588 g/mol. The van der Waals surface area contributed by atoms with E-state index in [-0.39, 0.29) is 11.1 Å². The number of unbranched alkanes of at least 4 members (excludes halogenated alkanes) is 4. The summed E-state index contributed by atoms with van der Waals surface area (Å²) < 4.78 is 6.44. The van der Waals surface area contributed by atoms with E-state index in [0.717, 1.165) is 100 Å². The highest BCUT2D eigenvalue weighted by Gasteiger charge is 2.41. The zero-order chi connectivity index (χ0) is 31.5. The van der Waals surface area contributed by atoms with Crippen LogP contribution in [0.25, 0.3) is 22.3 Å². The number of fused-ring (bicyclic) bond motifs is 3. The van der Waals surface area contributed by atoms with Crippen molar-refractivity contribution in [1.82, 2.24) is 0 Å². The number of hydrogen-bond acceptors (Lipinski definition) is 9. The van der Waals surface area contributed by atoms with Crippen LogP contribution in [0.4, 0.5) is 34.1 Å². The molecule has 6 rings (SSSR count). The normalized spacial score (nSPS) is 15.2. The Hall–Kier alpha value is -3.99. The van der Waals surface area contributed by atoms with Crippen LogP contribution in [0.3, 0.4) is 0 Å². The van der Waals surface area contributed by atoms with Crippen LogP contribution in [0.2, 0.25) is 0 Å². The molecule has 0 aliphatic carbocycles. The second-order valence-corrected chi connectivity index (χ2v) is 12.9. The van der Waals surface area contributed by atoms with Gasteiger partial charge in [0.15, 0.2) is 0 Å². The molecule has 3 aliphatic heterocycles. The highest BCUT2D eigenvalue weighted by Crippen LogP contribution is 2.57. The van der Waals surface area contributed by atoms with Crippen LogP contribution >= 0.6 is 12.1 Å². The molecule has 11 heteroatoms. The minimum Gasteiger partial charge on any atom is -0.371 e. The molecule has 0 unspecified atom stereocenters. The summed E-state index contributed by atoms with van der Waals surface area (Å²) in [5.74, 6) is 0. The van der Waals surface area contributed by atoms with Crippen LogP contribution in [-0.2, 0) is 12.8 Å². The first-order valence-electron chi connectivity index (χ1n) is 16.4. The van der Waals surface area contributed by atoms with E-state index in [9.17, 15) is 20.2 Å². The maximum absolute atomic E-state index is 12.8. The molecular formula is C34H42N6O4S. The Morgan fingerprint density at radius 1 is 0.711 bits per heavy atom. The fraction of sp³-hybridized carbons (Fsp3) is 0.471. The molecule has 0 fully saturated rings. The van der Waals surface area contributed by atoms with Gasteiger partial charge in [0.25, 0.3) is 0 Å². The molecule has 0 radical (unpaired) electrons. The van der Waals surface area contributed by atoms with Gasteiger partial charge in [0.05, 0.1) is 44.5 Å². The Morgan fingerprint density at radius 3 is 1.56 bits per heavy atom. The summed E-state index contributed by atoms with van der Waals surface area (Å²) in [4.78, 5) is 29.3. The summed E-state index contributed by atoms with van der Waals surface area (Å²) in [6, 6.07) is 11.9. The second-order valence-electron chi connectivity index (χ2n) is 12.3. The first kappa shape index (κ1) is 31.0. The van der Waals surface area contributed by atoms with Crippen molar-refractivity contribution in [3.05, 3.63) is 67.8 Å². The van der Waals surface area contributed by atoms with E-state index in [1.54, 1.807) is 0 Å². The van der Waals surface area contributed by atoms with Crippen molar-refractivity contribution in [3.63, 3.8) is 0 Å². The summed E-state index contributed by atoms with van der Waals surface area (Å²) >= 11 is 1.18. The average molecular weight is 631 g/mol. The Labute approximate surface area is 269 Å². The number of hydrogen-bond donors (Lipinski definition) is 2. The molecule has 3 aliphatic rings. The molecule has 3 heterocycles. The summed E-state index contributed by atoms with van der Waals surface area (Å²) in [5, 5.41) is 25.6. The molecule has 0 atom stereocenters. The number of rotatable bonds is 12. The third-order valence-corrected chi connectivity index (χ3v) is 9.96. The number of aryl methyl sites for hydroxylation is 2. The van der Waals surface area contributed by atoms with Gasteiger partial charge in [-0.3, -0.25) is 20.2 Å². The van der Waals surface area contributed by atoms with Gasteiger partial charge >= 0.3 is 11.4 Å². The molecule has 238 valence electrons. The lowest BCUT2D eigenvalue weighted by Gasteiger charge is -2.32. The van der Waals surface area contributed by atoms with Gasteiger partial charge in [0.2, 0.25) is 0 Å². The lowest BCUT2D eigenvalue weighted by Crippen LogP contribution is -2.30. The van der Waals surface area contributed by atoms with Gasteiger partial charge in [-0.25, -0.2) is 0 Å². The maximum Gasteiger partial charge on any atom is 0.356 e. The summed E-state index contributed by atoms with van der Waals surface area (Å²) in [6.07, 6.45) is 10.7. The average Bonchev–Trinajstić information content (AvgIpc) is 3.53. The first-order valence-corrected chi connectivity index (χ1v) is 17.2. The van der Waals surface area contributed by atoms with Gasteiger partial charge in [-0.1, -0.05) is 51.7 Å². The molecule has 10 nitrogen and oxygen atoms in total. The van der Waals surface area contributed by atoms with Crippen molar-refractivity contribution < 1.29 is 9.85 Å². The summed E-state index contributed by atoms with van der Waals surface area (Å²) in [7, 11) is 0. The molecule has 2 N–H and O–H groups in total. The zero-order valence-corrected chi connectivity index (χ0v) is 27.0. The van der Waals surface area contributed by atoms with Crippen molar-refractivity contribution in [1.29, 1.82) is 0 Å². The lowest BCUT2D eigenvalue weighted by atomic mass is 9.89. The van der Waals surface area contributed by atoms with E-state index in [4.69, 9.17) is 0 Å². The topological polar surface area (TPSA) is 117 Å². The van der Waals surface area contributed by atoms with E-state index in [1.807, 2.05) is 36.4 Å². The minimum atomic E-state index is -0.577. The van der Waals surface area contributed by atoms with Gasteiger partial charge in [0, 0.05) is 37.6 Å². The van der Waals surface area contributed by atoms with Gasteiger partial charge in [0.1, 0.15) is 0 Å². The maximum atomic E-state index is 12.8. The van der Waals surface area contributed by atoms with Crippen molar-refractivity contribution in [2.45, 2.75) is 78.1 Å². The van der Waals surface area contributed by atoms with E-state index < -0.39 is 21.2 Å². The van der Waals surface area contributed by atoms with Crippen LogP contribution in [0.1, 0.15) is 76.3 Å². The highest BCUT2D eigenvalue weighted by molar-refractivity contribution is 8.02. The van der Waals surface area contributed by atoms with Crippen molar-refractivity contribution in [3.8, 4) is 22.3 Å². The summed E-state index contributed by atoms with van der Waals surface area (Å²) in [5.41, 5.74) is 6.41. The Morgan fingerprint density at radius 2 is 1.16 bits per heavy atom. The molecule has 0 saturated heterocycles. The largest absolute Gasteiger partial charge is 0.371 e. The third kappa shape index (κ3) is 6.02. The molecule has 0 amide bonds. The Bertz CT molecular complexity index is 1500. The van der Waals surface area contributed by atoms with Crippen LogP contribution in [0.5, 0.6) is 0 Å². The quantitative estimate of drug-likeness (QED) is 0.0874. The fourth-order valence-electron chi connectivity index (χ4n) is 7.20. The van der Waals surface area contributed by atoms with E-state index in [1.165, 1.54) is 25.0 Å². The fourth-order valence-corrected chi connectivity index (χ4v) is 7.87. The van der Waals surface area contributed by atoms with E-state index >= 15 is 0 Å². The van der Waals surface area contributed by atoms with Crippen molar-refractivity contribution >= 4 is 46.3 Å². The molecule has 3 aromatic rings. The molecule has 0 bridgehead atoms. The summed E-state index contributed by atoms with van der Waals surface area (Å²) in [6.45, 7) is 8.34. The monoisotopic (exact) mass is 630 g/mol. The number of nitro groups is 2. The minimum absolute atomic E-state index is 0.258. The third-order valence-electron chi connectivity index (χ3n) is 9.35.